The highest BCUT2D eigenvalue weighted by molar-refractivity contribution is 7.13. The molecule has 0 fully saturated rings. The van der Waals surface area contributed by atoms with Crippen molar-refractivity contribution < 1.29 is 14.5 Å². The molecule has 0 aliphatic heterocycles. The van der Waals surface area contributed by atoms with E-state index in [1.54, 1.807) is 17.4 Å². The standard InChI is InChI=1S/C15H12N4O4S/c20-15(9-23-11-5-3-10(4-6-11)19(21)22)16-14-8-12(17-18-14)13-2-1-7-24-13/h1-8H,9H2,(H2,16,17,18,20). The minimum atomic E-state index is -0.501. The molecule has 0 aliphatic carbocycles. The van der Waals surface area contributed by atoms with Crippen LogP contribution in [-0.2, 0) is 4.79 Å². The molecule has 1 aromatic carbocycles. The number of amides is 1. The molecule has 0 aliphatic rings. The van der Waals surface area contributed by atoms with Gasteiger partial charge in [-0.2, -0.15) is 5.10 Å². The molecule has 2 heterocycles. The van der Waals surface area contributed by atoms with Crippen molar-refractivity contribution in [2.24, 2.45) is 0 Å². The molecule has 2 N–H and O–H groups in total. The molecular weight excluding hydrogens is 332 g/mol. The molecule has 3 aromatic rings. The van der Waals surface area contributed by atoms with Gasteiger partial charge in [0, 0.05) is 18.2 Å². The van der Waals surface area contributed by atoms with Gasteiger partial charge >= 0.3 is 0 Å². The van der Waals surface area contributed by atoms with Crippen LogP contribution in [0.15, 0.2) is 47.8 Å². The number of hydrogen-bond acceptors (Lipinski definition) is 6. The highest BCUT2D eigenvalue weighted by atomic mass is 32.1. The summed E-state index contributed by atoms with van der Waals surface area (Å²) < 4.78 is 5.28. The highest BCUT2D eigenvalue weighted by Gasteiger charge is 2.09. The summed E-state index contributed by atoms with van der Waals surface area (Å²) in [5, 5.41) is 22.0. The van der Waals surface area contributed by atoms with Crippen LogP contribution in [0.4, 0.5) is 11.5 Å². The fraction of sp³-hybridized carbons (Fsp3) is 0.0667. The summed E-state index contributed by atoms with van der Waals surface area (Å²) in [5.41, 5.74) is 0.779. The van der Waals surface area contributed by atoms with E-state index in [0.29, 0.717) is 11.6 Å². The molecule has 0 bridgehead atoms. The summed E-state index contributed by atoms with van der Waals surface area (Å²) in [7, 11) is 0. The third-order valence-corrected chi connectivity index (χ3v) is 3.95. The average molecular weight is 344 g/mol. The van der Waals surface area contributed by atoms with Gasteiger partial charge in [0.05, 0.1) is 15.5 Å². The van der Waals surface area contributed by atoms with Crippen LogP contribution in [0, 0.1) is 10.1 Å². The number of anilines is 1. The number of nitrogens with zero attached hydrogens (tertiary/aromatic N) is 2. The summed E-state index contributed by atoms with van der Waals surface area (Å²) in [6.45, 7) is -0.223. The minimum Gasteiger partial charge on any atom is -0.484 e. The number of carbonyl (C=O) groups excluding carboxylic acids is 1. The lowest BCUT2D eigenvalue weighted by Crippen LogP contribution is -2.20. The van der Waals surface area contributed by atoms with Crippen molar-refractivity contribution in [2.75, 3.05) is 11.9 Å². The monoisotopic (exact) mass is 344 g/mol. The van der Waals surface area contributed by atoms with Gasteiger partial charge in [-0.3, -0.25) is 20.0 Å². The predicted octanol–water partition coefficient (Wildman–Crippen LogP) is 3.06. The lowest BCUT2D eigenvalue weighted by atomic mass is 10.3. The molecule has 1 amide bonds. The molecule has 0 spiro atoms. The van der Waals surface area contributed by atoms with Crippen molar-refractivity contribution >= 4 is 28.7 Å². The Labute approximate surface area is 140 Å². The molecule has 9 heteroatoms. The fourth-order valence-corrected chi connectivity index (χ4v) is 2.63. The van der Waals surface area contributed by atoms with Crippen LogP contribution in [0.5, 0.6) is 5.75 Å². The van der Waals surface area contributed by atoms with Crippen molar-refractivity contribution in [3.05, 3.63) is 58.0 Å². The number of carbonyl (C=O) groups is 1. The molecule has 3 rings (SSSR count). The number of nitro benzene ring substituents is 1. The summed E-state index contributed by atoms with van der Waals surface area (Å²) in [4.78, 5) is 22.9. The predicted molar refractivity (Wildman–Crippen MR) is 89.1 cm³/mol. The number of aromatic nitrogens is 2. The van der Waals surface area contributed by atoms with Gasteiger partial charge in [-0.05, 0) is 23.6 Å². The molecule has 8 nitrogen and oxygen atoms in total. The number of ether oxygens (including phenoxy) is 1. The molecular formula is C15H12N4O4S. The molecule has 0 atom stereocenters. The Hall–Kier alpha value is -3.20. The molecule has 0 unspecified atom stereocenters. The number of nitro groups is 1. The van der Waals surface area contributed by atoms with E-state index in [4.69, 9.17) is 4.74 Å². The van der Waals surface area contributed by atoms with E-state index in [9.17, 15) is 14.9 Å². The topological polar surface area (TPSA) is 110 Å². The second-order valence-electron chi connectivity index (χ2n) is 4.73. The third-order valence-electron chi connectivity index (χ3n) is 3.05. The first-order chi connectivity index (χ1) is 11.6. The van der Waals surface area contributed by atoms with Crippen molar-refractivity contribution in [1.29, 1.82) is 0 Å². The number of rotatable bonds is 6. The lowest BCUT2D eigenvalue weighted by Gasteiger charge is -2.05. The number of benzene rings is 1. The van der Waals surface area contributed by atoms with Crippen LogP contribution in [0.25, 0.3) is 10.6 Å². The number of H-pyrrole nitrogens is 1. The van der Waals surface area contributed by atoms with Gasteiger partial charge in [0.25, 0.3) is 11.6 Å². The fourth-order valence-electron chi connectivity index (χ4n) is 1.94. The van der Waals surface area contributed by atoms with Gasteiger partial charge in [-0.15, -0.1) is 11.3 Å². The smallest absolute Gasteiger partial charge is 0.269 e. The summed E-state index contributed by atoms with van der Waals surface area (Å²) in [6, 6.07) is 11.1. The van der Waals surface area contributed by atoms with Gasteiger partial charge in [0.1, 0.15) is 5.75 Å². The van der Waals surface area contributed by atoms with E-state index in [1.807, 2.05) is 17.5 Å². The van der Waals surface area contributed by atoms with E-state index in [-0.39, 0.29) is 18.2 Å². The Morgan fingerprint density at radius 3 is 2.79 bits per heavy atom. The normalized spacial score (nSPS) is 10.3. The highest BCUT2D eigenvalue weighted by Crippen LogP contribution is 2.24. The minimum absolute atomic E-state index is 0.0376. The second-order valence-corrected chi connectivity index (χ2v) is 5.68. The molecule has 2 aromatic heterocycles. The Morgan fingerprint density at radius 1 is 1.33 bits per heavy atom. The summed E-state index contributed by atoms with van der Waals surface area (Å²) >= 11 is 1.56. The number of non-ortho nitro benzene ring substituents is 1. The van der Waals surface area contributed by atoms with Gasteiger partial charge in [-0.1, -0.05) is 6.07 Å². The van der Waals surface area contributed by atoms with Gasteiger partial charge in [0.2, 0.25) is 0 Å². The van der Waals surface area contributed by atoms with Gasteiger partial charge < -0.3 is 10.1 Å². The van der Waals surface area contributed by atoms with Crippen LogP contribution in [0.3, 0.4) is 0 Å². The Bertz CT molecular complexity index is 843. The maximum Gasteiger partial charge on any atom is 0.269 e. The Morgan fingerprint density at radius 2 is 2.12 bits per heavy atom. The molecule has 0 saturated carbocycles. The Balaban J connectivity index is 1.53. The summed E-state index contributed by atoms with van der Waals surface area (Å²) in [5.74, 6) is 0.394. The van der Waals surface area contributed by atoms with Crippen molar-refractivity contribution in [3.8, 4) is 16.3 Å². The first kappa shape index (κ1) is 15.7. The van der Waals surface area contributed by atoms with E-state index >= 15 is 0 Å². The zero-order chi connectivity index (χ0) is 16.9. The van der Waals surface area contributed by atoms with Crippen LogP contribution in [0.2, 0.25) is 0 Å². The number of thiophene rings is 1. The third kappa shape index (κ3) is 3.76. The SMILES string of the molecule is O=C(COc1ccc([N+](=O)[O-])cc1)Nc1cc(-c2cccs2)[nH]n1. The molecule has 122 valence electrons. The van der Waals surface area contributed by atoms with Crippen LogP contribution >= 0.6 is 11.3 Å². The van der Waals surface area contributed by atoms with Crippen LogP contribution < -0.4 is 10.1 Å². The van der Waals surface area contributed by atoms with E-state index in [2.05, 4.69) is 15.5 Å². The average Bonchev–Trinajstić information content (AvgIpc) is 3.24. The molecule has 0 radical (unpaired) electrons. The Kier molecular flexibility index (Phi) is 4.52. The van der Waals surface area contributed by atoms with Crippen molar-refractivity contribution in [1.82, 2.24) is 10.2 Å². The summed E-state index contributed by atoms with van der Waals surface area (Å²) in [6.07, 6.45) is 0. The maximum atomic E-state index is 11.9. The first-order valence-corrected chi connectivity index (χ1v) is 7.76. The van der Waals surface area contributed by atoms with Crippen molar-refractivity contribution in [3.63, 3.8) is 0 Å². The zero-order valence-electron chi connectivity index (χ0n) is 12.3. The second kappa shape index (κ2) is 6.92. The van der Waals surface area contributed by atoms with E-state index < -0.39 is 4.92 Å². The quantitative estimate of drug-likeness (QED) is 0.527. The molecule has 0 saturated heterocycles. The van der Waals surface area contributed by atoms with Crippen LogP contribution in [-0.4, -0.2) is 27.6 Å². The number of nitrogens with one attached hydrogen (secondary N) is 2. The maximum absolute atomic E-state index is 11.9. The van der Waals surface area contributed by atoms with E-state index in [1.165, 1.54) is 24.3 Å². The lowest BCUT2D eigenvalue weighted by molar-refractivity contribution is -0.384. The van der Waals surface area contributed by atoms with Gasteiger partial charge in [0.15, 0.2) is 12.4 Å². The number of aromatic amines is 1. The zero-order valence-corrected chi connectivity index (χ0v) is 13.1. The van der Waals surface area contributed by atoms with E-state index in [0.717, 1.165) is 10.6 Å². The van der Waals surface area contributed by atoms with Crippen LogP contribution in [0.1, 0.15) is 0 Å². The van der Waals surface area contributed by atoms with Crippen molar-refractivity contribution in [2.45, 2.75) is 0 Å². The first-order valence-electron chi connectivity index (χ1n) is 6.88. The molecule has 24 heavy (non-hydrogen) atoms. The number of hydrogen-bond donors (Lipinski definition) is 2. The van der Waals surface area contributed by atoms with Gasteiger partial charge in [-0.25, -0.2) is 0 Å². The largest absolute Gasteiger partial charge is 0.484 e.